The number of ether oxygens (including phenoxy) is 1. The van der Waals surface area contributed by atoms with Crippen LogP contribution >= 0.6 is 0 Å². The Balaban J connectivity index is 1.82. The van der Waals surface area contributed by atoms with Gasteiger partial charge in [0.1, 0.15) is 6.04 Å². The van der Waals surface area contributed by atoms with Crippen LogP contribution in [0.25, 0.3) is 0 Å². The van der Waals surface area contributed by atoms with E-state index in [0.717, 1.165) is 25.3 Å². The molecule has 1 aliphatic heterocycles. The predicted octanol–water partition coefficient (Wildman–Crippen LogP) is 2.11. The van der Waals surface area contributed by atoms with Crippen LogP contribution in [0.5, 0.6) is 0 Å². The van der Waals surface area contributed by atoms with Crippen molar-refractivity contribution in [2.75, 3.05) is 13.2 Å². The van der Waals surface area contributed by atoms with Crippen LogP contribution in [0.3, 0.4) is 0 Å². The summed E-state index contributed by atoms with van der Waals surface area (Å²) >= 11 is 0. The maximum Gasteiger partial charge on any atom is 0.323 e. The molecule has 1 N–H and O–H groups in total. The van der Waals surface area contributed by atoms with Crippen LogP contribution in [0.4, 0.5) is 0 Å². The van der Waals surface area contributed by atoms with Gasteiger partial charge in [-0.05, 0) is 37.6 Å². The van der Waals surface area contributed by atoms with Crippen LogP contribution in [0.1, 0.15) is 45.4 Å². The lowest BCUT2D eigenvalue weighted by atomic mass is 9.78. The van der Waals surface area contributed by atoms with Crippen LogP contribution in [0.15, 0.2) is 0 Å². The summed E-state index contributed by atoms with van der Waals surface area (Å²) in [5.74, 6) is 1.25. The number of nitrogens with one attached hydrogen (secondary N) is 1. The summed E-state index contributed by atoms with van der Waals surface area (Å²) in [5, 5.41) is 3.35. The number of esters is 1. The fraction of sp³-hybridized carbons (Fsp3) is 0.923. The summed E-state index contributed by atoms with van der Waals surface area (Å²) in [4.78, 5) is 11.9. The molecule has 92 valence electrons. The van der Waals surface area contributed by atoms with Crippen LogP contribution in [0, 0.1) is 11.8 Å². The summed E-state index contributed by atoms with van der Waals surface area (Å²) in [6.07, 6.45) is 7.16. The van der Waals surface area contributed by atoms with E-state index in [-0.39, 0.29) is 12.0 Å². The topological polar surface area (TPSA) is 38.3 Å². The van der Waals surface area contributed by atoms with E-state index >= 15 is 0 Å². The quantitative estimate of drug-likeness (QED) is 0.588. The third-order valence-corrected chi connectivity index (χ3v) is 3.99. The molecule has 1 heterocycles. The predicted molar refractivity (Wildman–Crippen MR) is 63.1 cm³/mol. The van der Waals surface area contributed by atoms with E-state index < -0.39 is 0 Å². The van der Waals surface area contributed by atoms with Gasteiger partial charge in [0, 0.05) is 0 Å². The van der Waals surface area contributed by atoms with E-state index in [9.17, 15) is 4.79 Å². The van der Waals surface area contributed by atoms with Crippen LogP contribution in [0.2, 0.25) is 0 Å². The van der Waals surface area contributed by atoms with Gasteiger partial charge in [0.05, 0.1) is 6.61 Å². The first-order valence-corrected chi connectivity index (χ1v) is 6.73. The Kier molecular flexibility index (Phi) is 4.22. The van der Waals surface area contributed by atoms with Gasteiger partial charge in [0.25, 0.3) is 0 Å². The van der Waals surface area contributed by atoms with E-state index in [1.165, 1.54) is 25.7 Å². The highest BCUT2D eigenvalue weighted by Crippen LogP contribution is 2.36. The number of carbonyl (C=O) groups excluding carboxylic acids is 1. The van der Waals surface area contributed by atoms with Crippen molar-refractivity contribution in [3.63, 3.8) is 0 Å². The van der Waals surface area contributed by atoms with Crippen molar-refractivity contribution >= 4 is 5.97 Å². The lowest BCUT2D eigenvalue weighted by Gasteiger charge is -2.27. The number of rotatable bonds is 4. The molecule has 1 aliphatic carbocycles. The molecular formula is C13H23NO2. The minimum Gasteiger partial charge on any atom is -0.465 e. The van der Waals surface area contributed by atoms with Crippen LogP contribution in [-0.2, 0) is 9.53 Å². The summed E-state index contributed by atoms with van der Waals surface area (Å²) in [6.45, 7) is 3.71. The summed E-state index contributed by atoms with van der Waals surface area (Å²) in [5.41, 5.74) is 0. The van der Waals surface area contributed by atoms with Crippen molar-refractivity contribution in [3.05, 3.63) is 0 Å². The highest BCUT2D eigenvalue weighted by molar-refractivity contribution is 5.76. The minimum atomic E-state index is -0.0119. The van der Waals surface area contributed by atoms with Crippen molar-refractivity contribution in [3.8, 4) is 0 Å². The summed E-state index contributed by atoms with van der Waals surface area (Å²) in [7, 11) is 0. The Bertz CT molecular complexity index is 242. The Hall–Kier alpha value is -0.570. The molecule has 0 aromatic heterocycles. The lowest BCUT2D eigenvalue weighted by molar-refractivity contribution is -0.147. The van der Waals surface area contributed by atoms with Gasteiger partial charge in [0.2, 0.25) is 0 Å². The average molecular weight is 225 g/mol. The molecule has 3 unspecified atom stereocenters. The Morgan fingerprint density at radius 1 is 1.38 bits per heavy atom. The normalized spacial score (nSPS) is 33.4. The SMILES string of the molecule is CCCCOC(=O)C1NCC2CCCCC21. The zero-order valence-corrected chi connectivity index (χ0v) is 10.2. The highest BCUT2D eigenvalue weighted by atomic mass is 16.5. The van der Waals surface area contributed by atoms with Gasteiger partial charge >= 0.3 is 5.97 Å². The third kappa shape index (κ3) is 2.57. The highest BCUT2D eigenvalue weighted by Gasteiger charge is 2.41. The zero-order chi connectivity index (χ0) is 11.4. The monoisotopic (exact) mass is 225 g/mol. The first-order chi connectivity index (χ1) is 7.83. The zero-order valence-electron chi connectivity index (χ0n) is 10.2. The van der Waals surface area contributed by atoms with E-state index in [4.69, 9.17) is 4.74 Å². The maximum absolute atomic E-state index is 11.9. The molecule has 0 spiro atoms. The number of unbranched alkanes of at least 4 members (excludes halogenated alkanes) is 1. The van der Waals surface area contributed by atoms with Crippen molar-refractivity contribution in [2.45, 2.75) is 51.5 Å². The van der Waals surface area contributed by atoms with E-state index in [2.05, 4.69) is 12.2 Å². The molecule has 1 saturated carbocycles. The first-order valence-electron chi connectivity index (χ1n) is 6.73. The lowest BCUT2D eigenvalue weighted by Crippen LogP contribution is -2.38. The van der Waals surface area contributed by atoms with E-state index in [1.54, 1.807) is 0 Å². The molecule has 2 fully saturated rings. The van der Waals surface area contributed by atoms with Crippen molar-refractivity contribution in [1.82, 2.24) is 5.32 Å². The number of hydrogen-bond acceptors (Lipinski definition) is 3. The fourth-order valence-electron chi connectivity index (χ4n) is 3.02. The van der Waals surface area contributed by atoms with Gasteiger partial charge in [-0.2, -0.15) is 0 Å². The van der Waals surface area contributed by atoms with Crippen LogP contribution < -0.4 is 5.32 Å². The van der Waals surface area contributed by atoms with Gasteiger partial charge in [-0.15, -0.1) is 0 Å². The smallest absolute Gasteiger partial charge is 0.323 e. The second kappa shape index (κ2) is 5.67. The van der Waals surface area contributed by atoms with Gasteiger partial charge in [-0.1, -0.05) is 26.2 Å². The van der Waals surface area contributed by atoms with Gasteiger partial charge < -0.3 is 10.1 Å². The molecule has 1 saturated heterocycles. The van der Waals surface area contributed by atoms with Gasteiger partial charge in [-0.3, -0.25) is 4.79 Å². The third-order valence-electron chi connectivity index (χ3n) is 3.99. The molecule has 3 nitrogen and oxygen atoms in total. The molecule has 3 heteroatoms. The minimum absolute atomic E-state index is 0.0112. The Labute approximate surface area is 97.9 Å². The second-order valence-electron chi connectivity index (χ2n) is 5.12. The molecule has 16 heavy (non-hydrogen) atoms. The average Bonchev–Trinajstić information content (AvgIpc) is 2.73. The van der Waals surface area contributed by atoms with Crippen molar-refractivity contribution < 1.29 is 9.53 Å². The van der Waals surface area contributed by atoms with E-state index in [1.807, 2.05) is 0 Å². The molecule has 0 radical (unpaired) electrons. The number of fused-ring (bicyclic) bond motifs is 1. The van der Waals surface area contributed by atoms with Crippen molar-refractivity contribution in [1.29, 1.82) is 0 Å². The molecule has 0 amide bonds. The Morgan fingerprint density at radius 2 is 2.19 bits per heavy atom. The molecule has 0 bridgehead atoms. The number of hydrogen-bond donors (Lipinski definition) is 1. The van der Waals surface area contributed by atoms with Crippen LogP contribution in [-0.4, -0.2) is 25.2 Å². The summed E-state index contributed by atoms with van der Waals surface area (Å²) in [6, 6.07) is -0.0119. The molecule has 2 aliphatic rings. The number of carbonyl (C=O) groups is 1. The Morgan fingerprint density at radius 3 is 3.00 bits per heavy atom. The molecule has 0 aromatic carbocycles. The second-order valence-corrected chi connectivity index (χ2v) is 5.12. The van der Waals surface area contributed by atoms with Gasteiger partial charge in [-0.25, -0.2) is 0 Å². The first kappa shape index (κ1) is 11.9. The molecule has 3 atom stereocenters. The standard InChI is InChI=1S/C13H23NO2/c1-2-3-8-16-13(15)12-11-7-5-4-6-10(11)9-14-12/h10-12,14H,2-9H2,1H3. The molecule has 2 rings (SSSR count). The van der Waals surface area contributed by atoms with Gasteiger partial charge in [0.15, 0.2) is 0 Å². The fourth-order valence-corrected chi connectivity index (χ4v) is 3.02. The van der Waals surface area contributed by atoms with E-state index in [0.29, 0.717) is 12.5 Å². The maximum atomic E-state index is 11.9. The summed E-state index contributed by atoms with van der Waals surface area (Å²) < 4.78 is 5.31. The molecule has 0 aromatic rings. The molecular weight excluding hydrogens is 202 g/mol. The largest absolute Gasteiger partial charge is 0.465 e. The van der Waals surface area contributed by atoms with Crippen molar-refractivity contribution in [2.24, 2.45) is 11.8 Å².